The van der Waals surface area contributed by atoms with Gasteiger partial charge >= 0.3 is 0 Å². The minimum absolute atomic E-state index is 0.00576. The van der Waals surface area contributed by atoms with Crippen molar-refractivity contribution < 1.29 is 4.92 Å². The van der Waals surface area contributed by atoms with Gasteiger partial charge in [-0.2, -0.15) is 11.8 Å². The van der Waals surface area contributed by atoms with Crippen molar-refractivity contribution in [3.8, 4) is 0 Å². The van der Waals surface area contributed by atoms with Gasteiger partial charge in [0, 0.05) is 29.0 Å². The molecule has 19 heavy (non-hydrogen) atoms. The molecule has 2 rings (SSSR count). The Kier molecular flexibility index (Phi) is 4.47. The fourth-order valence-electron chi connectivity index (χ4n) is 2.49. The molecule has 1 aliphatic carbocycles. The quantitative estimate of drug-likeness (QED) is 0.639. The predicted molar refractivity (Wildman–Crippen MR) is 79.6 cm³/mol. The summed E-state index contributed by atoms with van der Waals surface area (Å²) in [6.45, 7) is 2.91. The first kappa shape index (κ1) is 14.3. The maximum Gasteiger partial charge on any atom is 0.274 e. The molecular formula is C14H20N2O2S. The van der Waals surface area contributed by atoms with Gasteiger partial charge in [0.15, 0.2) is 0 Å². The smallest absolute Gasteiger partial charge is 0.274 e. The lowest BCUT2D eigenvalue weighted by atomic mass is 9.84. The molecule has 1 fully saturated rings. The van der Waals surface area contributed by atoms with Gasteiger partial charge in [0.05, 0.1) is 4.92 Å². The molecule has 5 heteroatoms. The zero-order chi connectivity index (χ0) is 13.9. The Morgan fingerprint density at radius 2 is 2.16 bits per heavy atom. The van der Waals surface area contributed by atoms with Crippen LogP contribution in [0.3, 0.4) is 0 Å². The zero-order valence-corrected chi connectivity index (χ0v) is 12.2. The summed E-state index contributed by atoms with van der Waals surface area (Å²) in [5.41, 5.74) is 0.970. The molecule has 0 aromatic heterocycles. The van der Waals surface area contributed by atoms with Crippen LogP contribution < -0.4 is 5.32 Å². The number of para-hydroxylation sites is 1. The van der Waals surface area contributed by atoms with Gasteiger partial charge in [-0.05, 0) is 26.0 Å². The van der Waals surface area contributed by atoms with E-state index in [-0.39, 0.29) is 16.7 Å². The highest BCUT2D eigenvalue weighted by Gasteiger charge is 2.36. The molecule has 1 aliphatic rings. The first-order valence-electron chi connectivity index (χ1n) is 6.60. The second kappa shape index (κ2) is 5.92. The molecule has 1 N–H and O–H groups in total. The molecule has 104 valence electrons. The second-order valence-electron chi connectivity index (χ2n) is 5.16. The van der Waals surface area contributed by atoms with Crippen molar-refractivity contribution in [2.75, 3.05) is 12.8 Å². The van der Waals surface area contributed by atoms with E-state index in [1.165, 1.54) is 19.3 Å². The fraction of sp³-hybridized carbons (Fsp3) is 0.571. The Morgan fingerprint density at radius 1 is 1.47 bits per heavy atom. The first-order valence-corrected chi connectivity index (χ1v) is 7.82. The van der Waals surface area contributed by atoms with Crippen LogP contribution in [0.4, 0.5) is 5.69 Å². The van der Waals surface area contributed by atoms with Gasteiger partial charge < -0.3 is 5.32 Å². The summed E-state index contributed by atoms with van der Waals surface area (Å²) in [5.74, 6) is 0. The summed E-state index contributed by atoms with van der Waals surface area (Å²) in [6.07, 6.45) is 5.92. The van der Waals surface area contributed by atoms with E-state index in [9.17, 15) is 10.1 Å². The third kappa shape index (κ3) is 3.09. The molecule has 1 saturated carbocycles. The van der Waals surface area contributed by atoms with Crippen LogP contribution in [0.15, 0.2) is 24.3 Å². The average molecular weight is 280 g/mol. The van der Waals surface area contributed by atoms with Gasteiger partial charge in [-0.15, -0.1) is 0 Å². The maximum atomic E-state index is 11.0. The number of hydrogen-bond donors (Lipinski definition) is 1. The standard InChI is InChI=1S/C14H20N2O2S/c1-11(15-10-14(19-2)8-5-9-14)12-6-3-4-7-13(12)16(17)18/h3-4,6-7,11,15H,5,8-10H2,1-2H3. The van der Waals surface area contributed by atoms with E-state index in [0.717, 1.165) is 12.1 Å². The molecular weight excluding hydrogens is 260 g/mol. The zero-order valence-electron chi connectivity index (χ0n) is 11.4. The van der Waals surface area contributed by atoms with E-state index in [1.807, 2.05) is 30.8 Å². The van der Waals surface area contributed by atoms with Gasteiger partial charge in [-0.3, -0.25) is 10.1 Å². The van der Waals surface area contributed by atoms with Crippen molar-refractivity contribution in [1.82, 2.24) is 5.32 Å². The number of nitro groups is 1. The second-order valence-corrected chi connectivity index (χ2v) is 6.43. The number of nitro benzene ring substituents is 1. The number of rotatable bonds is 6. The van der Waals surface area contributed by atoms with Crippen molar-refractivity contribution in [2.45, 2.75) is 37.0 Å². The van der Waals surface area contributed by atoms with Crippen molar-refractivity contribution in [2.24, 2.45) is 0 Å². The average Bonchev–Trinajstić information content (AvgIpc) is 2.37. The van der Waals surface area contributed by atoms with Crippen LogP contribution in [0, 0.1) is 10.1 Å². The predicted octanol–water partition coefficient (Wildman–Crippen LogP) is 3.53. The number of benzene rings is 1. The summed E-state index contributed by atoms with van der Waals surface area (Å²) >= 11 is 1.91. The first-order chi connectivity index (χ1) is 9.08. The van der Waals surface area contributed by atoms with Gasteiger partial charge in [0.2, 0.25) is 0 Å². The fourth-order valence-corrected chi connectivity index (χ4v) is 3.42. The normalized spacial score (nSPS) is 18.6. The minimum atomic E-state index is -0.304. The third-order valence-electron chi connectivity index (χ3n) is 4.03. The highest BCUT2D eigenvalue weighted by Crippen LogP contribution is 2.42. The molecule has 0 heterocycles. The lowest BCUT2D eigenvalue weighted by Gasteiger charge is -2.41. The molecule has 0 aliphatic heterocycles. The minimum Gasteiger partial charge on any atom is -0.309 e. The highest BCUT2D eigenvalue weighted by atomic mass is 32.2. The Bertz CT molecular complexity index is 455. The van der Waals surface area contributed by atoms with Crippen LogP contribution in [-0.2, 0) is 0 Å². The summed E-state index contributed by atoms with van der Waals surface area (Å²) in [5, 5.41) is 14.5. The Labute approximate surface area is 118 Å². The van der Waals surface area contributed by atoms with E-state index < -0.39 is 0 Å². The van der Waals surface area contributed by atoms with Gasteiger partial charge in [0.1, 0.15) is 0 Å². The van der Waals surface area contributed by atoms with E-state index >= 15 is 0 Å². The molecule has 0 bridgehead atoms. The molecule has 1 unspecified atom stereocenters. The molecule has 1 aromatic rings. The summed E-state index contributed by atoms with van der Waals surface area (Å²) in [4.78, 5) is 10.7. The van der Waals surface area contributed by atoms with Crippen LogP contribution in [-0.4, -0.2) is 22.5 Å². The number of hydrogen-bond acceptors (Lipinski definition) is 4. The molecule has 0 spiro atoms. The van der Waals surface area contributed by atoms with E-state index in [4.69, 9.17) is 0 Å². The van der Waals surface area contributed by atoms with Gasteiger partial charge in [-0.25, -0.2) is 0 Å². The number of thioether (sulfide) groups is 1. The van der Waals surface area contributed by atoms with Gasteiger partial charge in [-0.1, -0.05) is 24.6 Å². The molecule has 1 aromatic carbocycles. The molecule has 0 saturated heterocycles. The van der Waals surface area contributed by atoms with Crippen molar-refractivity contribution in [3.05, 3.63) is 39.9 Å². The maximum absolute atomic E-state index is 11.0. The third-order valence-corrected chi connectivity index (χ3v) is 5.45. The van der Waals surface area contributed by atoms with Crippen LogP contribution in [0.2, 0.25) is 0 Å². The number of nitrogens with one attached hydrogen (secondary N) is 1. The lowest BCUT2D eigenvalue weighted by molar-refractivity contribution is -0.385. The topological polar surface area (TPSA) is 55.2 Å². The SMILES string of the molecule is CSC1(CNC(C)c2ccccc2[N+](=O)[O-])CCC1. The van der Waals surface area contributed by atoms with E-state index in [1.54, 1.807) is 12.1 Å². The summed E-state index contributed by atoms with van der Waals surface area (Å²) in [6, 6.07) is 6.98. The van der Waals surface area contributed by atoms with Gasteiger partial charge in [0.25, 0.3) is 5.69 Å². The largest absolute Gasteiger partial charge is 0.309 e. The Morgan fingerprint density at radius 3 is 2.68 bits per heavy atom. The van der Waals surface area contributed by atoms with Crippen LogP contribution >= 0.6 is 11.8 Å². The lowest BCUT2D eigenvalue weighted by Crippen LogP contribution is -2.44. The molecule has 0 amide bonds. The molecule has 0 radical (unpaired) electrons. The number of nitrogens with zero attached hydrogens (tertiary/aromatic N) is 1. The van der Waals surface area contributed by atoms with E-state index in [0.29, 0.717) is 4.75 Å². The Balaban J connectivity index is 2.04. The summed E-state index contributed by atoms with van der Waals surface area (Å²) in [7, 11) is 0. The van der Waals surface area contributed by atoms with Crippen molar-refractivity contribution in [3.63, 3.8) is 0 Å². The van der Waals surface area contributed by atoms with Crippen LogP contribution in [0.25, 0.3) is 0 Å². The van der Waals surface area contributed by atoms with Crippen LogP contribution in [0.1, 0.15) is 37.8 Å². The monoisotopic (exact) mass is 280 g/mol. The van der Waals surface area contributed by atoms with Crippen LogP contribution in [0.5, 0.6) is 0 Å². The van der Waals surface area contributed by atoms with Crippen molar-refractivity contribution in [1.29, 1.82) is 0 Å². The Hall–Kier alpha value is -1.07. The molecule has 1 atom stereocenters. The van der Waals surface area contributed by atoms with E-state index in [2.05, 4.69) is 11.6 Å². The summed E-state index contributed by atoms with van der Waals surface area (Å²) < 4.78 is 0.345. The highest BCUT2D eigenvalue weighted by molar-refractivity contribution is 8.00. The van der Waals surface area contributed by atoms with Crippen molar-refractivity contribution >= 4 is 17.4 Å². The molecule has 4 nitrogen and oxygen atoms in total.